The molecular weight excluding hydrogens is 635 g/mol. The minimum Gasteiger partial charge on any atom is -0.325 e. The van der Waals surface area contributed by atoms with Crippen molar-refractivity contribution in [3.8, 4) is 6.07 Å². The lowest BCUT2D eigenvalue weighted by Gasteiger charge is -2.37. The molecule has 1 fully saturated rings. The molecule has 0 spiro atoms. The number of Topliss-reactive ketones (excluding diaryl/α,β-unsaturated/α-hetero) is 1. The number of hydrogen-bond donors (Lipinski definition) is 2. The molecule has 0 aromatic heterocycles. The molecule has 0 bridgehead atoms. The van der Waals surface area contributed by atoms with Gasteiger partial charge in [-0.1, -0.05) is 78.1 Å². The smallest absolute Gasteiger partial charge is 0.242 e. The third-order valence-corrected chi connectivity index (χ3v) is 8.36. The van der Waals surface area contributed by atoms with Crippen molar-refractivity contribution in [1.29, 1.82) is 5.26 Å². The summed E-state index contributed by atoms with van der Waals surface area (Å²) in [6.45, 7) is 5.90. The molecule has 1 aliphatic heterocycles. The Labute approximate surface area is 256 Å². The summed E-state index contributed by atoms with van der Waals surface area (Å²) in [6.07, 6.45) is 0.356. The van der Waals surface area contributed by atoms with E-state index in [1.807, 2.05) is 20.8 Å². The fourth-order valence-electron chi connectivity index (χ4n) is 5.59. The van der Waals surface area contributed by atoms with Crippen molar-refractivity contribution in [3.05, 3.63) is 99.0 Å². The Kier molecular flexibility index (Phi) is 9.25. The van der Waals surface area contributed by atoms with E-state index in [0.717, 1.165) is 6.07 Å². The number of hydrogen-bond acceptors (Lipinski definition) is 4. The Morgan fingerprint density at radius 1 is 1.10 bits per heavy atom. The summed E-state index contributed by atoms with van der Waals surface area (Å²) in [5, 5.41) is 17.1. The molecule has 3 aromatic rings. The molecule has 1 amide bonds. The predicted octanol–water partition coefficient (Wildman–Crippen LogP) is 7.81. The number of anilines is 1. The van der Waals surface area contributed by atoms with E-state index >= 15 is 8.78 Å². The maximum Gasteiger partial charge on any atom is 0.242 e. The van der Waals surface area contributed by atoms with Crippen LogP contribution in [-0.4, -0.2) is 29.1 Å². The summed E-state index contributed by atoms with van der Waals surface area (Å²) in [4.78, 5) is 25.9. The van der Waals surface area contributed by atoms with E-state index in [1.165, 1.54) is 30.3 Å². The average Bonchev–Trinajstić information content (AvgIpc) is 3.23. The number of amides is 1. The SMILES string of the molecule is CC(C)(C)C[C@@H]1N[C@@H](C(=O)Nc2ccc(C(=O)CBr)cc2)[C@H](c2cccc(Cl)c2F)[C@@]1(C#N)c1ccc(Cl)cc1F. The molecule has 0 radical (unpaired) electrons. The first-order chi connectivity index (χ1) is 19.3. The molecule has 0 saturated carbocycles. The van der Waals surface area contributed by atoms with E-state index < -0.39 is 41.0 Å². The van der Waals surface area contributed by atoms with Gasteiger partial charge in [0.15, 0.2) is 5.78 Å². The molecule has 0 unspecified atom stereocenters. The second kappa shape index (κ2) is 12.2. The van der Waals surface area contributed by atoms with Gasteiger partial charge in [-0.15, -0.1) is 0 Å². The molecule has 0 aliphatic carbocycles. The summed E-state index contributed by atoms with van der Waals surface area (Å²) in [6, 6.07) is 15.1. The first-order valence-corrected chi connectivity index (χ1v) is 14.8. The molecule has 1 saturated heterocycles. The molecule has 4 rings (SSSR count). The van der Waals surface area contributed by atoms with Crippen molar-refractivity contribution in [3.63, 3.8) is 0 Å². The van der Waals surface area contributed by atoms with Crippen molar-refractivity contribution in [2.45, 2.75) is 50.6 Å². The minimum atomic E-state index is -1.72. The first-order valence-electron chi connectivity index (χ1n) is 12.9. The summed E-state index contributed by atoms with van der Waals surface area (Å²) in [7, 11) is 0. The molecule has 4 atom stereocenters. The largest absolute Gasteiger partial charge is 0.325 e. The van der Waals surface area contributed by atoms with Crippen molar-refractivity contribution in [2.24, 2.45) is 5.41 Å². The van der Waals surface area contributed by atoms with Gasteiger partial charge >= 0.3 is 0 Å². The first kappa shape index (κ1) is 31.1. The van der Waals surface area contributed by atoms with Crippen molar-refractivity contribution in [1.82, 2.24) is 5.32 Å². The highest BCUT2D eigenvalue weighted by atomic mass is 79.9. The number of nitrogens with zero attached hydrogens (tertiary/aromatic N) is 1. The highest BCUT2D eigenvalue weighted by Gasteiger charge is 2.61. The summed E-state index contributed by atoms with van der Waals surface area (Å²) >= 11 is 15.4. The third kappa shape index (κ3) is 6.19. The Balaban J connectivity index is 1.90. The van der Waals surface area contributed by atoms with Crippen LogP contribution < -0.4 is 10.6 Å². The monoisotopic (exact) mass is 661 g/mol. The number of carbonyl (C=O) groups excluding carboxylic acids is 2. The van der Waals surface area contributed by atoms with Crippen LogP contribution in [0.3, 0.4) is 0 Å². The van der Waals surface area contributed by atoms with Crippen LogP contribution >= 0.6 is 39.1 Å². The fourth-order valence-corrected chi connectivity index (χ4v) is 6.26. The van der Waals surface area contributed by atoms with Gasteiger partial charge in [0.1, 0.15) is 17.0 Å². The summed E-state index contributed by atoms with van der Waals surface area (Å²) in [5.41, 5.74) is -1.21. The van der Waals surface area contributed by atoms with Gasteiger partial charge < -0.3 is 10.6 Å². The van der Waals surface area contributed by atoms with Crippen LogP contribution in [0.5, 0.6) is 0 Å². The zero-order valence-electron chi connectivity index (χ0n) is 22.6. The van der Waals surface area contributed by atoms with Crippen LogP contribution in [0.1, 0.15) is 54.6 Å². The minimum absolute atomic E-state index is 0.00321. The molecule has 1 heterocycles. The fraction of sp³-hybridized carbons (Fsp3) is 0.323. The predicted molar refractivity (Wildman–Crippen MR) is 161 cm³/mol. The van der Waals surface area contributed by atoms with E-state index in [0.29, 0.717) is 17.7 Å². The maximum absolute atomic E-state index is 15.7. The van der Waals surface area contributed by atoms with Gasteiger partial charge in [0.25, 0.3) is 0 Å². The molecule has 214 valence electrons. The van der Waals surface area contributed by atoms with Gasteiger partial charge in [0, 0.05) is 33.8 Å². The van der Waals surface area contributed by atoms with E-state index in [1.54, 1.807) is 24.3 Å². The van der Waals surface area contributed by atoms with Crippen LogP contribution in [-0.2, 0) is 10.2 Å². The normalized spacial score (nSPS) is 22.3. The number of halogens is 5. The van der Waals surface area contributed by atoms with Gasteiger partial charge in [-0.05, 0) is 59.9 Å². The number of rotatable bonds is 7. The van der Waals surface area contributed by atoms with E-state index in [4.69, 9.17) is 23.2 Å². The lowest BCUT2D eigenvalue weighted by atomic mass is 9.62. The lowest BCUT2D eigenvalue weighted by Crippen LogP contribution is -2.45. The van der Waals surface area contributed by atoms with Crippen LogP contribution in [0.2, 0.25) is 10.0 Å². The quantitative estimate of drug-likeness (QED) is 0.200. The number of nitrogens with one attached hydrogen (secondary N) is 2. The zero-order valence-corrected chi connectivity index (χ0v) is 25.7. The van der Waals surface area contributed by atoms with E-state index in [2.05, 4.69) is 32.6 Å². The van der Waals surface area contributed by atoms with Crippen LogP contribution in [0.15, 0.2) is 60.7 Å². The lowest BCUT2D eigenvalue weighted by molar-refractivity contribution is -0.118. The molecule has 2 N–H and O–H groups in total. The summed E-state index contributed by atoms with van der Waals surface area (Å²) in [5.74, 6) is -3.38. The number of ketones is 1. The molecule has 10 heteroatoms. The summed E-state index contributed by atoms with van der Waals surface area (Å²) < 4.78 is 31.4. The van der Waals surface area contributed by atoms with Crippen LogP contribution in [0.4, 0.5) is 14.5 Å². The van der Waals surface area contributed by atoms with Gasteiger partial charge in [-0.3, -0.25) is 9.59 Å². The maximum atomic E-state index is 15.7. The van der Waals surface area contributed by atoms with Gasteiger partial charge in [-0.2, -0.15) is 5.26 Å². The van der Waals surface area contributed by atoms with Crippen molar-refractivity contribution in [2.75, 3.05) is 10.6 Å². The Morgan fingerprint density at radius 3 is 2.37 bits per heavy atom. The Morgan fingerprint density at radius 2 is 1.78 bits per heavy atom. The van der Waals surface area contributed by atoms with E-state index in [-0.39, 0.29) is 37.7 Å². The van der Waals surface area contributed by atoms with Crippen LogP contribution in [0, 0.1) is 28.4 Å². The number of benzene rings is 3. The van der Waals surface area contributed by atoms with E-state index in [9.17, 15) is 14.9 Å². The highest BCUT2D eigenvalue weighted by molar-refractivity contribution is 9.09. The average molecular weight is 663 g/mol. The third-order valence-electron chi connectivity index (χ3n) is 7.33. The Bertz CT molecular complexity index is 1520. The number of carbonyl (C=O) groups is 2. The molecule has 3 aromatic carbocycles. The molecular formula is C31H28BrCl2F2N3O2. The van der Waals surface area contributed by atoms with Crippen molar-refractivity contribution < 1.29 is 18.4 Å². The molecule has 5 nitrogen and oxygen atoms in total. The Hall–Kier alpha value is -2.83. The molecule has 41 heavy (non-hydrogen) atoms. The van der Waals surface area contributed by atoms with Crippen molar-refractivity contribution >= 4 is 56.5 Å². The highest BCUT2D eigenvalue weighted by Crippen LogP contribution is 2.52. The zero-order chi connectivity index (χ0) is 30.1. The van der Waals surface area contributed by atoms with Gasteiger partial charge in [-0.25, -0.2) is 8.78 Å². The number of nitriles is 1. The topological polar surface area (TPSA) is 82.0 Å². The standard InChI is InChI=1S/C31H28BrCl2F2N3O2/c1-30(2,3)14-25-31(16-37,21-12-9-18(33)13-23(21)35)26(20-5-4-6-22(34)27(20)36)28(39-25)29(41)38-19-10-7-17(8-11-19)24(40)15-32/h4-13,25-26,28,39H,14-15H2,1-3H3,(H,38,41)/t25-,26-,28+,31-/m0/s1. The van der Waals surface area contributed by atoms with Crippen LogP contribution in [0.25, 0.3) is 0 Å². The van der Waals surface area contributed by atoms with Gasteiger partial charge in [0.05, 0.1) is 22.5 Å². The molecule has 1 aliphatic rings. The second-order valence-corrected chi connectivity index (χ2v) is 12.7. The van der Waals surface area contributed by atoms with Gasteiger partial charge in [0.2, 0.25) is 5.91 Å². The second-order valence-electron chi connectivity index (χ2n) is 11.3. The number of alkyl halides is 1.